The number of hydrogen-bond acceptors (Lipinski definition) is 4. The van der Waals surface area contributed by atoms with E-state index in [4.69, 9.17) is 0 Å². The molecule has 2 aromatic carbocycles. The van der Waals surface area contributed by atoms with Crippen LogP contribution in [0.5, 0.6) is 0 Å². The summed E-state index contributed by atoms with van der Waals surface area (Å²) in [5, 5.41) is 0. The lowest BCUT2D eigenvalue weighted by molar-refractivity contribution is 0.580. The van der Waals surface area contributed by atoms with E-state index in [1.54, 1.807) is 19.1 Å². The number of rotatable bonds is 10. The van der Waals surface area contributed by atoms with Crippen molar-refractivity contribution in [3.8, 4) is 0 Å². The van der Waals surface area contributed by atoms with Crippen molar-refractivity contribution in [3.63, 3.8) is 0 Å². The van der Waals surface area contributed by atoms with Crippen molar-refractivity contribution >= 4 is 20.0 Å². The summed E-state index contributed by atoms with van der Waals surface area (Å²) in [5.41, 5.74) is 1.85. The molecule has 6 nitrogen and oxygen atoms in total. The Balaban J connectivity index is 1.83. The molecule has 0 aliphatic carbocycles. The van der Waals surface area contributed by atoms with Gasteiger partial charge in [0.25, 0.3) is 0 Å². The molecular weight excluding hydrogens is 372 g/mol. The minimum atomic E-state index is -3.47. The van der Waals surface area contributed by atoms with E-state index < -0.39 is 20.0 Å². The third-order valence-corrected chi connectivity index (χ3v) is 6.75. The molecule has 0 aliphatic heterocycles. The number of nitrogens with one attached hydrogen (secondary N) is 2. The van der Waals surface area contributed by atoms with Crippen LogP contribution in [0.4, 0.5) is 0 Å². The van der Waals surface area contributed by atoms with E-state index in [-0.39, 0.29) is 17.2 Å². The van der Waals surface area contributed by atoms with Crippen molar-refractivity contribution in [1.82, 2.24) is 9.44 Å². The van der Waals surface area contributed by atoms with Gasteiger partial charge in [0.2, 0.25) is 20.0 Å². The Labute approximate surface area is 155 Å². The summed E-state index contributed by atoms with van der Waals surface area (Å²) < 4.78 is 52.9. The summed E-state index contributed by atoms with van der Waals surface area (Å²) in [4.78, 5) is 0.201. The van der Waals surface area contributed by atoms with Crippen molar-refractivity contribution in [1.29, 1.82) is 0 Å². The van der Waals surface area contributed by atoms with Crippen LogP contribution in [0.25, 0.3) is 0 Å². The summed E-state index contributed by atoms with van der Waals surface area (Å²) in [6.45, 7) is 2.32. The molecule has 2 N–H and O–H groups in total. The molecule has 0 saturated carbocycles. The lowest BCUT2D eigenvalue weighted by Gasteiger charge is -2.08. The first-order valence-electron chi connectivity index (χ1n) is 8.42. The van der Waals surface area contributed by atoms with Gasteiger partial charge in [-0.05, 0) is 36.1 Å². The van der Waals surface area contributed by atoms with Crippen molar-refractivity contribution in [3.05, 3.63) is 65.7 Å². The van der Waals surface area contributed by atoms with E-state index in [2.05, 4.69) is 9.44 Å². The normalized spacial score (nSPS) is 12.2. The van der Waals surface area contributed by atoms with Crippen LogP contribution in [0.3, 0.4) is 0 Å². The Morgan fingerprint density at radius 3 is 2.00 bits per heavy atom. The molecule has 0 aromatic heterocycles. The van der Waals surface area contributed by atoms with Gasteiger partial charge in [-0.3, -0.25) is 0 Å². The van der Waals surface area contributed by atoms with Crippen LogP contribution in [-0.2, 0) is 32.9 Å². The first kappa shape index (κ1) is 20.6. The molecule has 8 heteroatoms. The van der Waals surface area contributed by atoms with Crippen molar-refractivity contribution in [2.24, 2.45) is 0 Å². The van der Waals surface area contributed by atoms with Crippen LogP contribution in [0, 0.1) is 0 Å². The van der Waals surface area contributed by atoms with E-state index in [1.165, 1.54) is 12.1 Å². The van der Waals surface area contributed by atoms with Crippen molar-refractivity contribution in [2.45, 2.75) is 24.7 Å². The van der Waals surface area contributed by atoms with Crippen LogP contribution < -0.4 is 9.44 Å². The summed E-state index contributed by atoms with van der Waals surface area (Å²) in [6.07, 6.45) is 0.958. The first-order chi connectivity index (χ1) is 12.3. The second-order valence-corrected chi connectivity index (χ2v) is 9.54. The molecule has 0 spiro atoms. The van der Waals surface area contributed by atoms with Crippen LogP contribution >= 0.6 is 0 Å². The third-order valence-electron chi connectivity index (χ3n) is 3.81. The molecule has 142 valence electrons. The zero-order valence-electron chi connectivity index (χ0n) is 14.7. The molecule has 0 radical (unpaired) electrons. The molecular formula is C18H24N2O4S2. The predicted octanol–water partition coefficient (Wildman–Crippen LogP) is 1.69. The second-order valence-electron chi connectivity index (χ2n) is 5.84. The molecule has 26 heavy (non-hydrogen) atoms. The zero-order valence-corrected chi connectivity index (χ0v) is 16.3. The van der Waals surface area contributed by atoms with Gasteiger partial charge in [-0.2, -0.15) is 0 Å². The summed E-state index contributed by atoms with van der Waals surface area (Å²) in [7, 11) is -6.81. The summed E-state index contributed by atoms with van der Waals surface area (Å²) in [6, 6.07) is 15.9. The predicted molar refractivity (Wildman–Crippen MR) is 103 cm³/mol. The maximum Gasteiger partial charge on any atom is 0.240 e. The molecule has 0 aliphatic rings. The van der Waals surface area contributed by atoms with Gasteiger partial charge < -0.3 is 0 Å². The summed E-state index contributed by atoms with van der Waals surface area (Å²) >= 11 is 0. The Kier molecular flexibility index (Phi) is 7.33. The van der Waals surface area contributed by atoms with Crippen LogP contribution in [-0.4, -0.2) is 35.7 Å². The van der Waals surface area contributed by atoms with Crippen LogP contribution in [0.2, 0.25) is 0 Å². The number of hydrogen-bond donors (Lipinski definition) is 2. The third kappa shape index (κ3) is 6.53. The average molecular weight is 397 g/mol. The highest BCUT2D eigenvalue weighted by Gasteiger charge is 2.12. The first-order valence-corrected chi connectivity index (χ1v) is 11.6. The number of sulfonamides is 2. The lowest BCUT2D eigenvalue weighted by Crippen LogP contribution is -2.29. The minimum absolute atomic E-state index is 0.0386. The number of aryl methyl sites for hydroxylation is 1. The molecule has 2 rings (SSSR count). The van der Waals surface area contributed by atoms with Gasteiger partial charge in [0.1, 0.15) is 0 Å². The number of benzene rings is 2. The van der Waals surface area contributed by atoms with Crippen molar-refractivity contribution in [2.75, 3.05) is 18.8 Å². The second kappa shape index (κ2) is 9.27. The SMILES string of the molecule is CCNS(=O)(=O)c1ccc(CCNS(=O)(=O)CCc2ccccc2)cc1. The Morgan fingerprint density at radius 2 is 1.38 bits per heavy atom. The van der Waals surface area contributed by atoms with E-state index in [9.17, 15) is 16.8 Å². The van der Waals surface area contributed by atoms with Gasteiger partial charge in [-0.15, -0.1) is 0 Å². The maximum absolute atomic E-state index is 12.1. The van der Waals surface area contributed by atoms with Crippen LogP contribution in [0.1, 0.15) is 18.1 Å². The van der Waals surface area contributed by atoms with Gasteiger partial charge >= 0.3 is 0 Å². The highest BCUT2D eigenvalue weighted by molar-refractivity contribution is 7.89. The van der Waals surface area contributed by atoms with E-state index >= 15 is 0 Å². The average Bonchev–Trinajstić information content (AvgIpc) is 2.61. The summed E-state index contributed by atoms with van der Waals surface area (Å²) in [5.74, 6) is 0.0386. The standard InChI is InChI=1S/C18H24N2O4S2/c1-2-19-26(23,24)18-10-8-17(9-11-18)12-14-20-25(21,22)15-13-16-6-4-3-5-7-16/h3-11,19-20H,2,12-15H2,1H3. The van der Waals surface area contributed by atoms with E-state index in [0.29, 0.717) is 19.4 Å². The molecule has 0 fully saturated rings. The fourth-order valence-electron chi connectivity index (χ4n) is 2.43. The Morgan fingerprint density at radius 1 is 0.769 bits per heavy atom. The topological polar surface area (TPSA) is 92.3 Å². The minimum Gasteiger partial charge on any atom is -0.215 e. The van der Waals surface area contributed by atoms with Crippen LogP contribution in [0.15, 0.2) is 59.5 Å². The van der Waals surface area contributed by atoms with Gasteiger partial charge in [0.15, 0.2) is 0 Å². The van der Waals surface area contributed by atoms with Gasteiger partial charge in [0, 0.05) is 13.1 Å². The van der Waals surface area contributed by atoms with E-state index in [1.807, 2.05) is 30.3 Å². The lowest BCUT2D eigenvalue weighted by atomic mass is 10.2. The Hall–Kier alpha value is -1.74. The molecule has 0 heterocycles. The van der Waals surface area contributed by atoms with E-state index in [0.717, 1.165) is 11.1 Å². The molecule has 2 aromatic rings. The zero-order chi connectivity index (χ0) is 19.0. The van der Waals surface area contributed by atoms with Gasteiger partial charge in [-0.25, -0.2) is 26.3 Å². The highest BCUT2D eigenvalue weighted by atomic mass is 32.2. The molecule has 0 amide bonds. The fourth-order valence-corrected chi connectivity index (χ4v) is 4.53. The largest absolute Gasteiger partial charge is 0.240 e. The van der Waals surface area contributed by atoms with Gasteiger partial charge in [-0.1, -0.05) is 49.4 Å². The maximum atomic E-state index is 12.1. The van der Waals surface area contributed by atoms with Gasteiger partial charge in [0.05, 0.1) is 10.6 Å². The Bertz CT molecular complexity index is 894. The smallest absolute Gasteiger partial charge is 0.215 e. The molecule has 0 saturated heterocycles. The molecule has 0 atom stereocenters. The fraction of sp³-hybridized carbons (Fsp3) is 0.333. The van der Waals surface area contributed by atoms with Crippen molar-refractivity contribution < 1.29 is 16.8 Å². The highest BCUT2D eigenvalue weighted by Crippen LogP contribution is 2.11. The quantitative estimate of drug-likeness (QED) is 0.639. The monoisotopic (exact) mass is 396 g/mol. The molecule has 0 unspecified atom stereocenters. The molecule has 0 bridgehead atoms.